The van der Waals surface area contributed by atoms with Gasteiger partial charge in [-0.25, -0.2) is 0 Å². The van der Waals surface area contributed by atoms with Gasteiger partial charge in [0.2, 0.25) is 0 Å². The van der Waals surface area contributed by atoms with E-state index in [9.17, 15) is 4.79 Å². The van der Waals surface area contributed by atoms with Gasteiger partial charge in [0.15, 0.2) is 0 Å². The van der Waals surface area contributed by atoms with Crippen LogP contribution in [0.15, 0.2) is 24.3 Å². The highest BCUT2D eigenvalue weighted by atomic mass is 16.5. The molecule has 0 unspecified atom stereocenters. The van der Waals surface area contributed by atoms with E-state index in [0.29, 0.717) is 6.42 Å². The number of ether oxygens (including phenoxy) is 1. The average molecular weight is 205 g/mol. The van der Waals surface area contributed by atoms with Crippen molar-refractivity contribution in [2.45, 2.75) is 25.4 Å². The van der Waals surface area contributed by atoms with Crippen LogP contribution in [0.25, 0.3) is 0 Å². The van der Waals surface area contributed by atoms with E-state index in [2.05, 4.69) is 22.2 Å². The van der Waals surface area contributed by atoms with Crippen molar-refractivity contribution >= 4 is 5.97 Å². The minimum atomic E-state index is -0.146. The van der Waals surface area contributed by atoms with Gasteiger partial charge >= 0.3 is 5.97 Å². The summed E-state index contributed by atoms with van der Waals surface area (Å²) in [5.41, 5.74) is 2.67. The molecule has 0 saturated heterocycles. The second-order valence-corrected chi connectivity index (χ2v) is 3.83. The van der Waals surface area contributed by atoms with Crippen LogP contribution in [0, 0.1) is 0 Å². The van der Waals surface area contributed by atoms with E-state index in [1.54, 1.807) is 0 Å². The van der Waals surface area contributed by atoms with Gasteiger partial charge in [0.1, 0.15) is 0 Å². The van der Waals surface area contributed by atoms with Crippen molar-refractivity contribution in [1.29, 1.82) is 0 Å². The third-order valence-corrected chi connectivity index (χ3v) is 2.81. The Hall–Kier alpha value is -1.35. The summed E-state index contributed by atoms with van der Waals surface area (Å²) in [7, 11) is 1.43. The Morgan fingerprint density at radius 3 is 2.93 bits per heavy atom. The Balaban J connectivity index is 2.02. The fraction of sp³-hybridized carbons (Fsp3) is 0.417. The first-order valence-electron chi connectivity index (χ1n) is 5.16. The molecule has 0 aliphatic carbocycles. The van der Waals surface area contributed by atoms with E-state index in [4.69, 9.17) is 0 Å². The minimum absolute atomic E-state index is 0.146. The number of hydrogen-bond donors (Lipinski definition) is 1. The summed E-state index contributed by atoms with van der Waals surface area (Å²) < 4.78 is 4.66. The number of fused-ring (bicyclic) bond motifs is 1. The fourth-order valence-electron chi connectivity index (χ4n) is 1.95. The molecule has 80 valence electrons. The van der Waals surface area contributed by atoms with E-state index in [0.717, 1.165) is 13.0 Å². The number of nitrogens with one attached hydrogen (secondary N) is 1. The van der Waals surface area contributed by atoms with Crippen molar-refractivity contribution in [1.82, 2.24) is 5.32 Å². The highest BCUT2D eigenvalue weighted by Crippen LogP contribution is 2.17. The van der Waals surface area contributed by atoms with Crippen molar-refractivity contribution in [3.05, 3.63) is 35.4 Å². The summed E-state index contributed by atoms with van der Waals surface area (Å²) in [6.45, 7) is 0.845. The Labute approximate surface area is 89.4 Å². The van der Waals surface area contributed by atoms with Crippen molar-refractivity contribution in [2.24, 2.45) is 0 Å². The molecule has 0 bridgehead atoms. The largest absolute Gasteiger partial charge is 0.469 e. The number of benzene rings is 1. The molecular formula is C12H15NO2. The summed E-state index contributed by atoms with van der Waals surface area (Å²) in [5.74, 6) is -0.146. The first kappa shape index (κ1) is 10.2. The van der Waals surface area contributed by atoms with Crippen molar-refractivity contribution < 1.29 is 9.53 Å². The predicted octanol–water partition coefficient (Wildman–Crippen LogP) is 1.26. The van der Waals surface area contributed by atoms with Crippen LogP contribution in [-0.2, 0) is 22.5 Å². The van der Waals surface area contributed by atoms with Crippen LogP contribution in [0.4, 0.5) is 0 Å². The lowest BCUT2D eigenvalue weighted by Gasteiger charge is -2.25. The van der Waals surface area contributed by atoms with Gasteiger partial charge in [-0.1, -0.05) is 24.3 Å². The summed E-state index contributed by atoms with van der Waals surface area (Å²) in [4.78, 5) is 11.1. The molecule has 1 heterocycles. The molecule has 1 atom stereocenters. The SMILES string of the molecule is COC(=O)C[C@H]1Cc2ccccc2CN1. The quantitative estimate of drug-likeness (QED) is 0.739. The van der Waals surface area contributed by atoms with E-state index < -0.39 is 0 Å². The molecule has 0 amide bonds. The van der Waals surface area contributed by atoms with Crippen LogP contribution in [-0.4, -0.2) is 19.1 Å². The van der Waals surface area contributed by atoms with Crippen LogP contribution in [0.1, 0.15) is 17.5 Å². The maximum atomic E-state index is 11.1. The Bertz CT molecular complexity index is 362. The van der Waals surface area contributed by atoms with Gasteiger partial charge in [-0.3, -0.25) is 4.79 Å². The van der Waals surface area contributed by atoms with Gasteiger partial charge in [0, 0.05) is 12.6 Å². The van der Waals surface area contributed by atoms with Gasteiger partial charge in [0.25, 0.3) is 0 Å². The number of rotatable bonds is 2. The molecule has 1 N–H and O–H groups in total. The van der Waals surface area contributed by atoms with Crippen molar-refractivity contribution in [3.63, 3.8) is 0 Å². The molecule has 1 aliphatic rings. The van der Waals surface area contributed by atoms with E-state index in [1.165, 1.54) is 18.2 Å². The standard InChI is InChI=1S/C12H15NO2/c1-15-12(14)7-11-6-9-4-2-3-5-10(9)8-13-11/h2-5,11,13H,6-8H2,1H3/t11-/m1/s1. The summed E-state index contributed by atoms with van der Waals surface area (Å²) >= 11 is 0. The molecule has 2 rings (SSSR count). The monoisotopic (exact) mass is 205 g/mol. The van der Waals surface area contributed by atoms with Crippen LogP contribution in [0.5, 0.6) is 0 Å². The predicted molar refractivity (Wildman–Crippen MR) is 57.4 cm³/mol. The van der Waals surface area contributed by atoms with Crippen LogP contribution < -0.4 is 5.32 Å². The number of carbonyl (C=O) groups excluding carboxylic acids is 1. The molecule has 3 heteroatoms. The number of methoxy groups -OCH3 is 1. The number of carbonyl (C=O) groups is 1. The van der Waals surface area contributed by atoms with Crippen molar-refractivity contribution in [3.8, 4) is 0 Å². The van der Waals surface area contributed by atoms with Gasteiger partial charge in [-0.2, -0.15) is 0 Å². The zero-order valence-corrected chi connectivity index (χ0v) is 8.82. The summed E-state index contributed by atoms with van der Waals surface area (Å²) in [6, 6.07) is 8.55. The smallest absolute Gasteiger partial charge is 0.307 e. The molecule has 0 saturated carbocycles. The fourth-order valence-corrected chi connectivity index (χ4v) is 1.95. The Morgan fingerprint density at radius 1 is 1.47 bits per heavy atom. The highest BCUT2D eigenvalue weighted by Gasteiger charge is 2.19. The molecule has 15 heavy (non-hydrogen) atoms. The Morgan fingerprint density at radius 2 is 2.20 bits per heavy atom. The zero-order chi connectivity index (χ0) is 10.7. The van der Waals surface area contributed by atoms with Crippen LogP contribution in [0.3, 0.4) is 0 Å². The lowest BCUT2D eigenvalue weighted by atomic mass is 9.94. The van der Waals surface area contributed by atoms with Gasteiger partial charge in [-0.05, 0) is 17.5 Å². The molecule has 1 aromatic carbocycles. The van der Waals surface area contributed by atoms with Gasteiger partial charge in [0.05, 0.1) is 13.5 Å². The molecule has 0 aromatic heterocycles. The molecule has 1 aliphatic heterocycles. The third kappa shape index (κ3) is 2.36. The molecule has 3 nitrogen and oxygen atoms in total. The number of hydrogen-bond acceptors (Lipinski definition) is 3. The molecule has 1 aromatic rings. The third-order valence-electron chi connectivity index (χ3n) is 2.81. The molecule has 0 spiro atoms. The van der Waals surface area contributed by atoms with Gasteiger partial charge in [-0.15, -0.1) is 0 Å². The zero-order valence-electron chi connectivity index (χ0n) is 8.82. The molecule has 0 radical (unpaired) electrons. The maximum absolute atomic E-state index is 11.1. The number of esters is 1. The first-order chi connectivity index (χ1) is 7.29. The summed E-state index contributed by atoms with van der Waals surface area (Å²) in [5, 5.41) is 3.34. The summed E-state index contributed by atoms with van der Waals surface area (Å²) in [6.07, 6.45) is 1.36. The maximum Gasteiger partial charge on any atom is 0.307 e. The van der Waals surface area contributed by atoms with Crippen LogP contribution >= 0.6 is 0 Å². The van der Waals surface area contributed by atoms with E-state index in [1.807, 2.05) is 12.1 Å². The lowest BCUT2D eigenvalue weighted by Crippen LogP contribution is -2.37. The highest BCUT2D eigenvalue weighted by molar-refractivity contribution is 5.70. The van der Waals surface area contributed by atoms with E-state index in [-0.39, 0.29) is 12.0 Å². The molecule has 0 fully saturated rings. The topological polar surface area (TPSA) is 38.3 Å². The lowest BCUT2D eigenvalue weighted by molar-refractivity contribution is -0.141. The second-order valence-electron chi connectivity index (χ2n) is 3.83. The van der Waals surface area contributed by atoms with Crippen molar-refractivity contribution in [2.75, 3.05) is 7.11 Å². The second kappa shape index (κ2) is 4.45. The minimum Gasteiger partial charge on any atom is -0.469 e. The average Bonchev–Trinajstić information content (AvgIpc) is 2.29. The van der Waals surface area contributed by atoms with Gasteiger partial charge < -0.3 is 10.1 Å². The first-order valence-corrected chi connectivity index (χ1v) is 5.16. The Kier molecular flexibility index (Phi) is 3.02. The molecular weight excluding hydrogens is 190 g/mol. The van der Waals surface area contributed by atoms with Crippen LogP contribution in [0.2, 0.25) is 0 Å². The van der Waals surface area contributed by atoms with E-state index >= 15 is 0 Å². The normalized spacial score (nSPS) is 19.4.